The first-order valence-electron chi connectivity index (χ1n) is 6.46. The van der Waals surface area contributed by atoms with Crippen molar-refractivity contribution in [2.24, 2.45) is 5.73 Å². The van der Waals surface area contributed by atoms with Gasteiger partial charge in [-0.05, 0) is 58.0 Å². The number of benzene rings is 1. The van der Waals surface area contributed by atoms with E-state index in [0.717, 1.165) is 0 Å². The molecule has 4 heteroatoms. The summed E-state index contributed by atoms with van der Waals surface area (Å²) in [5.74, 6) is -0.950. The first-order valence-corrected chi connectivity index (χ1v) is 6.46. The summed E-state index contributed by atoms with van der Waals surface area (Å²) in [5, 5.41) is 9.00. The smallest absolute Gasteiger partial charge is 0.320 e. The van der Waals surface area contributed by atoms with Gasteiger partial charge in [-0.2, -0.15) is 0 Å². The Morgan fingerprint density at radius 3 is 2.11 bits per heavy atom. The molecule has 0 amide bonds. The molecule has 0 aliphatic carbocycles. The van der Waals surface area contributed by atoms with Gasteiger partial charge in [-0.25, -0.2) is 0 Å². The van der Waals surface area contributed by atoms with Crippen molar-refractivity contribution in [3.63, 3.8) is 0 Å². The highest BCUT2D eigenvalue weighted by Gasteiger charge is 2.24. The lowest BCUT2D eigenvalue weighted by Gasteiger charge is -2.29. The van der Waals surface area contributed by atoms with Gasteiger partial charge in [-0.1, -0.05) is 17.7 Å². The van der Waals surface area contributed by atoms with Crippen molar-refractivity contribution in [3.05, 3.63) is 34.4 Å². The van der Waals surface area contributed by atoms with E-state index in [1.807, 2.05) is 19.0 Å². The van der Waals surface area contributed by atoms with Crippen LogP contribution in [-0.4, -0.2) is 36.1 Å². The molecule has 0 saturated heterocycles. The van der Waals surface area contributed by atoms with E-state index >= 15 is 0 Å². The second-order valence-electron chi connectivity index (χ2n) is 5.47. The van der Waals surface area contributed by atoms with E-state index in [9.17, 15) is 4.79 Å². The number of nitrogens with zero attached hydrogens (tertiary/aromatic N) is 1. The van der Waals surface area contributed by atoms with E-state index in [0.29, 0.717) is 6.42 Å². The summed E-state index contributed by atoms with van der Waals surface area (Å²) < 4.78 is 0. The summed E-state index contributed by atoms with van der Waals surface area (Å²) in [6.07, 6.45) is 0.410. The molecule has 0 aliphatic heterocycles. The maximum atomic E-state index is 11.0. The quantitative estimate of drug-likeness (QED) is 0.854. The Labute approximate surface area is 115 Å². The van der Waals surface area contributed by atoms with Crippen LogP contribution in [0.3, 0.4) is 0 Å². The first kappa shape index (κ1) is 15.7. The van der Waals surface area contributed by atoms with Crippen LogP contribution in [0.4, 0.5) is 0 Å². The zero-order valence-electron chi connectivity index (χ0n) is 12.4. The van der Waals surface area contributed by atoms with Crippen LogP contribution in [0.25, 0.3) is 0 Å². The number of hydrogen-bond donors (Lipinski definition) is 2. The van der Waals surface area contributed by atoms with Gasteiger partial charge in [-0.15, -0.1) is 0 Å². The van der Waals surface area contributed by atoms with E-state index < -0.39 is 12.0 Å². The number of rotatable bonds is 5. The molecule has 2 unspecified atom stereocenters. The minimum Gasteiger partial charge on any atom is -0.480 e. The molecule has 1 aromatic rings. The molecule has 1 rings (SSSR count). The third-order valence-corrected chi connectivity index (χ3v) is 3.49. The van der Waals surface area contributed by atoms with Crippen molar-refractivity contribution in [2.45, 2.75) is 39.3 Å². The second-order valence-corrected chi connectivity index (χ2v) is 5.47. The third-order valence-electron chi connectivity index (χ3n) is 3.49. The lowest BCUT2D eigenvalue weighted by molar-refractivity contribution is -0.139. The monoisotopic (exact) mass is 264 g/mol. The fourth-order valence-corrected chi connectivity index (χ4v) is 2.65. The van der Waals surface area contributed by atoms with Crippen LogP contribution in [0, 0.1) is 20.8 Å². The lowest BCUT2D eigenvalue weighted by Crippen LogP contribution is -2.35. The Morgan fingerprint density at radius 1 is 1.26 bits per heavy atom. The number of hydrogen-bond acceptors (Lipinski definition) is 3. The van der Waals surface area contributed by atoms with Gasteiger partial charge in [0.1, 0.15) is 6.04 Å². The number of carbonyl (C=O) groups is 1. The predicted molar refractivity (Wildman–Crippen MR) is 77.3 cm³/mol. The second kappa shape index (κ2) is 6.17. The molecule has 0 radical (unpaired) electrons. The minimum absolute atomic E-state index is 0.0201. The summed E-state index contributed by atoms with van der Waals surface area (Å²) >= 11 is 0. The molecule has 19 heavy (non-hydrogen) atoms. The van der Waals surface area contributed by atoms with E-state index in [-0.39, 0.29) is 6.04 Å². The van der Waals surface area contributed by atoms with Gasteiger partial charge in [0.2, 0.25) is 0 Å². The number of aryl methyl sites for hydroxylation is 3. The highest BCUT2D eigenvalue weighted by Crippen LogP contribution is 2.30. The molecule has 1 aromatic carbocycles. The Kier molecular flexibility index (Phi) is 5.09. The maximum Gasteiger partial charge on any atom is 0.320 e. The highest BCUT2D eigenvalue weighted by atomic mass is 16.4. The largest absolute Gasteiger partial charge is 0.480 e. The molecule has 0 fully saturated rings. The lowest BCUT2D eigenvalue weighted by atomic mass is 9.90. The van der Waals surface area contributed by atoms with E-state index in [1.54, 1.807) is 0 Å². The molecule has 0 spiro atoms. The molecule has 0 bridgehead atoms. The Morgan fingerprint density at radius 2 is 1.74 bits per heavy atom. The summed E-state index contributed by atoms with van der Waals surface area (Å²) in [7, 11) is 3.91. The topological polar surface area (TPSA) is 66.6 Å². The summed E-state index contributed by atoms with van der Waals surface area (Å²) in [4.78, 5) is 13.0. The molecule has 0 heterocycles. The number of nitrogens with two attached hydrogens (primary N) is 1. The summed E-state index contributed by atoms with van der Waals surface area (Å²) in [6.45, 7) is 6.20. The average molecular weight is 264 g/mol. The Hall–Kier alpha value is -1.39. The molecule has 4 nitrogen and oxygen atoms in total. The van der Waals surface area contributed by atoms with Crippen LogP contribution in [0.2, 0.25) is 0 Å². The van der Waals surface area contributed by atoms with Gasteiger partial charge in [0, 0.05) is 6.04 Å². The van der Waals surface area contributed by atoms with Crippen molar-refractivity contribution in [3.8, 4) is 0 Å². The van der Waals surface area contributed by atoms with Gasteiger partial charge in [-0.3, -0.25) is 4.79 Å². The van der Waals surface area contributed by atoms with Crippen molar-refractivity contribution < 1.29 is 9.90 Å². The molecule has 0 aliphatic rings. The van der Waals surface area contributed by atoms with Crippen molar-refractivity contribution in [2.75, 3.05) is 14.1 Å². The molecular weight excluding hydrogens is 240 g/mol. The SMILES string of the molecule is Cc1cc(C)c(C(CC(N)C(=O)O)N(C)C)c(C)c1. The number of carboxylic acid groups (broad SMARTS) is 1. The molecule has 0 aromatic heterocycles. The van der Waals surface area contributed by atoms with Crippen molar-refractivity contribution in [1.29, 1.82) is 0 Å². The van der Waals surface area contributed by atoms with Crippen molar-refractivity contribution in [1.82, 2.24) is 4.90 Å². The fraction of sp³-hybridized carbons (Fsp3) is 0.533. The van der Waals surface area contributed by atoms with E-state index in [4.69, 9.17) is 10.8 Å². The summed E-state index contributed by atoms with van der Waals surface area (Å²) in [6, 6.07) is 3.44. The van der Waals surface area contributed by atoms with Gasteiger partial charge in [0.25, 0.3) is 0 Å². The normalized spacial score (nSPS) is 14.5. The van der Waals surface area contributed by atoms with E-state index in [1.165, 1.54) is 22.3 Å². The molecule has 2 atom stereocenters. The van der Waals surface area contributed by atoms with Crippen molar-refractivity contribution >= 4 is 5.97 Å². The van der Waals surface area contributed by atoms with Crippen LogP contribution in [-0.2, 0) is 4.79 Å². The van der Waals surface area contributed by atoms with Gasteiger partial charge < -0.3 is 15.7 Å². The van der Waals surface area contributed by atoms with E-state index in [2.05, 4.69) is 32.9 Å². The maximum absolute atomic E-state index is 11.0. The van der Waals surface area contributed by atoms with Crippen LogP contribution < -0.4 is 5.73 Å². The zero-order valence-corrected chi connectivity index (χ0v) is 12.4. The van der Waals surface area contributed by atoms with Crippen LogP contribution in [0.15, 0.2) is 12.1 Å². The highest BCUT2D eigenvalue weighted by molar-refractivity contribution is 5.73. The predicted octanol–water partition coefficient (Wildman–Crippen LogP) is 2.02. The van der Waals surface area contributed by atoms with Gasteiger partial charge in [0.15, 0.2) is 0 Å². The van der Waals surface area contributed by atoms with Crippen LogP contribution >= 0.6 is 0 Å². The number of aliphatic carboxylic acids is 1. The van der Waals surface area contributed by atoms with Gasteiger partial charge in [0.05, 0.1) is 0 Å². The summed E-state index contributed by atoms with van der Waals surface area (Å²) in [5.41, 5.74) is 10.5. The molecule has 0 saturated carbocycles. The van der Waals surface area contributed by atoms with Gasteiger partial charge >= 0.3 is 5.97 Å². The molecule has 106 valence electrons. The number of carboxylic acids is 1. The molecule has 3 N–H and O–H groups in total. The minimum atomic E-state index is -0.950. The van der Waals surface area contributed by atoms with Crippen LogP contribution in [0.5, 0.6) is 0 Å². The standard InChI is InChI=1S/C15H24N2O2/c1-9-6-10(2)14(11(3)7-9)13(17(4)5)8-12(16)15(18)19/h6-7,12-13H,8,16H2,1-5H3,(H,18,19). The Balaban J connectivity index is 3.17. The Bertz CT molecular complexity index is 446. The first-order chi connectivity index (χ1) is 8.73. The van der Waals surface area contributed by atoms with Crippen LogP contribution in [0.1, 0.15) is 34.7 Å². The fourth-order valence-electron chi connectivity index (χ4n) is 2.65. The molecular formula is C15H24N2O2. The third kappa shape index (κ3) is 3.78. The zero-order chi connectivity index (χ0) is 14.7. The average Bonchev–Trinajstić information content (AvgIpc) is 2.25.